The zero-order chi connectivity index (χ0) is 15.0. The molecular weight excluding hydrogens is 269 g/mol. The maximum atomic E-state index is 13.5. The van der Waals surface area contributed by atoms with Crippen molar-refractivity contribution in [1.29, 1.82) is 5.26 Å². The van der Waals surface area contributed by atoms with Gasteiger partial charge in [-0.15, -0.1) is 0 Å². The number of rotatable bonds is 2. The summed E-state index contributed by atoms with van der Waals surface area (Å²) < 4.78 is 15.1. The minimum atomic E-state index is -0.395. The van der Waals surface area contributed by atoms with Crippen LogP contribution in [0, 0.1) is 17.1 Å². The lowest BCUT2D eigenvalue weighted by Gasteiger charge is -2.04. The van der Waals surface area contributed by atoms with Crippen molar-refractivity contribution in [3.8, 4) is 17.3 Å². The molecule has 3 aromatic rings. The summed E-state index contributed by atoms with van der Waals surface area (Å²) in [4.78, 5) is 16.1. The van der Waals surface area contributed by atoms with Crippen molar-refractivity contribution in [3.05, 3.63) is 59.7 Å². The highest BCUT2D eigenvalue weighted by Crippen LogP contribution is 2.27. The molecule has 2 aromatic heterocycles. The number of hydrogen-bond donors (Lipinski definition) is 0. The Hall–Kier alpha value is -3.00. The predicted molar refractivity (Wildman–Crippen MR) is 75.3 cm³/mol. The second-order valence-corrected chi connectivity index (χ2v) is 4.60. The molecule has 0 atom stereocenters. The highest BCUT2D eigenvalue weighted by Gasteiger charge is 2.19. The van der Waals surface area contributed by atoms with Gasteiger partial charge in [-0.2, -0.15) is 5.26 Å². The molecule has 2 heterocycles. The van der Waals surface area contributed by atoms with E-state index in [1.165, 1.54) is 19.1 Å². The zero-order valence-corrected chi connectivity index (χ0v) is 11.2. The summed E-state index contributed by atoms with van der Waals surface area (Å²) in [5.74, 6) is -0.629. The molecule has 1 aromatic carbocycles. The molecule has 0 aliphatic heterocycles. The molecule has 0 unspecified atom stereocenters. The van der Waals surface area contributed by atoms with Crippen LogP contribution in [0.3, 0.4) is 0 Å². The molecule has 3 rings (SSSR count). The number of benzene rings is 1. The van der Waals surface area contributed by atoms with E-state index < -0.39 is 5.82 Å². The molecule has 0 saturated carbocycles. The minimum absolute atomic E-state index is 0.225. The number of ketones is 1. The third-order valence-corrected chi connectivity index (χ3v) is 3.20. The number of carbonyl (C=O) groups is 1. The fourth-order valence-electron chi connectivity index (χ4n) is 2.31. The highest BCUT2D eigenvalue weighted by molar-refractivity contribution is 5.99. The van der Waals surface area contributed by atoms with Crippen molar-refractivity contribution in [2.45, 2.75) is 6.92 Å². The number of aromatic nitrogens is 2. The van der Waals surface area contributed by atoms with E-state index in [4.69, 9.17) is 5.26 Å². The molecule has 0 aliphatic carbocycles. The molecule has 0 spiro atoms. The Morgan fingerprint density at radius 1 is 1.33 bits per heavy atom. The molecule has 0 saturated heterocycles. The smallest absolute Gasteiger partial charge is 0.180 e. The molecule has 0 N–H and O–H groups in total. The number of pyridine rings is 1. The third kappa shape index (κ3) is 2.07. The first kappa shape index (κ1) is 13.0. The van der Waals surface area contributed by atoms with Crippen LogP contribution in [-0.2, 0) is 0 Å². The lowest BCUT2D eigenvalue weighted by Crippen LogP contribution is -1.97. The van der Waals surface area contributed by atoms with Crippen LogP contribution in [0.5, 0.6) is 0 Å². The Morgan fingerprint density at radius 3 is 2.81 bits per heavy atom. The predicted octanol–water partition coefficient (Wildman–Crippen LogP) is 3.21. The van der Waals surface area contributed by atoms with E-state index in [-0.39, 0.29) is 11.5 Å². The normalized spacial score (nSPS) is 10.5. The first-order valence-corrected chi connectivity index (χ1v) is 6.30. The molecule has 5 heteroatoms. The second kappa shape index (κ2) is 4.84. The van der Waals surface area contributed by atoms with Crippen LogP contribution in [-0.4, -0.2) is 15.2 Å². The number of fused-ring (bicyclic) bond motifs is 1. The van der Waals surface area contributed by atoms with Crippen LogP contribution >= 0.6 is 0 Å². The summed E-state index contributed by atoms with van der Waals surface area (Å²) in [7, 11) is 0. The fraction of sp³-hybridized carbons (Fsp3) is 0.0625. The first-order chi connectivity index (χ1) is 10.1. The second-order valence-electron chi connectivity index (χ2n) is 4.60. The molecule has 0 bridgehead atoms. The number of imidazole rings is 1. The van der Waals surface area contributed by atoms with Gasteiger partial charge in [0.2, 0.25) is 0 Å². The Kier molecular flexibility index (Phi) is 2.99. The van der Waals surface area contributed by atoms with Crippen molar-refractivity contribution in [2.24, 2.45) is 0 Å². The number of nitrogens with zero attached hydrogens (tertiary/aromatic N) is 3. The molecule has 0 radical (unpaired) electrons. The average molecular weight is 279 g/mol. The van der Waals surface area contributed by atoms with Crippen molar-refractivity contribution < 1.29 is 9.18 Å². The van der Waals surface area contributed by atoms with Gasteiger partial charge in [0, 0.05) is 18.7 Å². The lowest BCUT2D eigenvalue weighted by molar-refractivity contribution is 0.101. The van der Waals surface area contributed by atoms with Crippen molar-refractivity contribution in [2.75, 3.05) is 0 Å². The van der Waals surface area contributed by atoms with Crippen LogP contribution in [0.1, 0.15) is 23.0 Å². The quantitative estimate of drug-likeness (QED) is 0.677. The maximum Gasteiger partial charge on any atom is 0.180 e. The van der Waals surface area contributed by atoms with Gasteiger partial charge in [-0.3, -0.25) is 9.20 Å². The van der Waals surface area contributed by atoms with Crippen molar-refractivity contribution in [1.82, 2.24) is 9.38 Å². The van der Waals surface area contributed by atoms with Gasteiger partial charge in [0.15, 0.2) is 11.4 Å². The number of Topliss-reactive ketones (excluding diaryl/α,β-unsaturated/α-hetero) is 1. The van der Waals surface area contributed by atoms with Crippen LogP contribution < -0.4 is 0 Å². The standard InChI is InChI=1S/C16H10FN3O/c1-10(21)14-15(11-4-2-6-13(17)8-11)20-7-3-5-12(9-18)16(20)19-14/h2-8H,1H3. The molecule has 102 valence electrons. The number of nitriles is 1. The van der Waals surface area contributed by atoms with Gasteiger partial charge < -0.3 is 0 Å². The monoisotopic (exact) mass is 279 g/mol. The maximum absolute atomic E-state index is 13.5. The zero-order valence-electron chi connectivity index (χ0n) is 11.2. The van der Waals surface area contributed by atoms with E-state index in [1.54, 1.807) is 34.9 Å². The van der Waals surface area contributed by atoms with Gasteiger partial charge in [0.05, 0.1) is 11.3 Å². The van der Waals surface area contributed by atoms with Crippen molar-refractivity contribution >= 4 is 11.4 Å². The minimum Gasteiger partial charge on any atom is -0.298 e. The van der Waals surface area contributed by atoms with Crippen molar-refractivity contribution in [3.63, 3.8) is 0 Å². The van der Waals surface area contributed by atoms with E-state index in [0.29, 0.717) is 22.5 Å². The van der Waals surface area contributed by atoms with E-state index in [2.05, 4.69) is 4.98 Å². The average Bonchev–Trinajstić information content (AvgIpc) is 2.86. The Morgan fingerprint density at radius 2 is 2.14 bits per heavy atom. The summed E-state index contributed by atoms with van der Waals surface area (Å²) in [6.07, 6.45) is 1.70. The summed E-state index contributed by atoms with van der Waals surface area (Å²) in [5, 5.41) is 9.14. The Bertz CT molecular complexity index is 906. The van der Waals surface area contributed by atoms with Gasteiger partial charge in [-0.05, 0) is 24.3 Å². The van der Waals surface area contributed by atoms with Crippen LogP contribution in [0.4, 0.5) is 4.39 Å². The van der Waals surface area contributed by atoms with Gasteiger partial charge in [0.1, 0.15) is 17.6 Å². The Balaban J connectivity index is 2.43. The summed E-state index contributed by atoms with van der Waals surface area (Å²) in [6, 6.07) is 11.3. The molecular formula is C16H10FN3O. The summed E-state index contributed by atoms with van der Waals surface area (Å²) >= 11 is 0. The van der Waals surface area contributed by atoms with E-state index in [0.717, 1.165) is 0 Å². The van der Waals surface area contributed by atoms with Crippen LogP contribution in [0.2, 0.25) is 0 Å². The van der Waals surface area contributed by atoms with Crippen LogP contribution in [0.25, 0.3) is 16.9 Å². The molecule has 4 nitrogen and oxygen atoms in total. The third-order valence-electron chi connectivity index (χ3n) is 3.20. The van der Waals surface area contributed by atoms with Gasteiger partial charge in [-0.1, -0.05) is 12.1 Å². The topological polar surface area (TPSA) is 58.2 Å². The van der Waals surface area contributed by atoms with Gasteiger partial charge in [-0.25, -0.2) is 9.37 Å². The molecule has 0 amide bonds. The Labute approximate surface area is 120 Å². The number of hydrogen-bond acceptors (Lipinski definition) is 3. The lowest BCUT2D eigenvalue weighted by atomic mass is 10.1. The molecule has 0 fully saturated rings. The van der Waals surface area contributed by atoms with Gasteiger partial charge in [0.25, 0.3) is 0 Å². The molecule has 0 aliphatic rings. The number of carbonyl (C=O) groups excluding carboxylic acids is 1. The molecule has 21 heavy (non-hydrogen) atoms. The highest BCUT2D eigenvalue weighted by atomic mass is 19.1. The van der Waals surface area contributed by atoms with Gasteiger partial charge >= 0.3 is 0 Å². The number of halogens is 1. The van der Waals surface area contributed by atoms with E-state index in [9.17, 15) is 9.18 Å². The van der Waals surface area contributed by atoms with E-state index >= 15 is 0 Å². The fourth-order valence-corrected chi connectivity index (χ4v) is 2.31. The summed E-state index contributed by atoms with van der Waals surface area (Å²) in [5.41, 5.74) is 2.02. The van der Waals surface area contributed by atoms with Crippen LogP contribution in [0.15, 0.2) is 42.6 Å². The summed E-state index contributed by atoms with van der Waals surface area (Å²) in [6.45, 7) is 1.40. The SMILES string of the molecule is CC(=O)c1nc2c(C#N)cccn2c1-c1cccc(F)c1. The largest absolute Gasteiger partial charge is 0.298 e. The first-order valence-electron chi connectivity index (χ1n) is 6.30. The van der Waals surface area contributed by atoms with E-state index in [1.807, 2.05) is 6.07 Å².